The monoisotopic (exact) mass is 334 g/mol. The van der Waals surface area contributed by atoms with Crippen molar-refractivity contribution in [2.45, 2.75) is 32.6 Å². The van der Waals surface area contributed by atoms with Crippen LogP contribution in [0.3, 0.4) is 0 Å². The maximum atomic E-state index is 12.4. The first-order valence-corrected chi connectivity index (χ1v) is 7.87. The Labute approximate surface area is 142 Å². The summed E-state index contributed by atoms with van der Waals surface area (Å²) in [5.74, 6) is -0.0843. The summed E-state index contributed by atoms with van der Waals surface area (Å²) in [6, 6.07) is 8.14. The predicted octanol–water partition coefficient (Wildman–Crippen LogP) is 2.17. The number of carbonyl (C=O) groups excluding carboxylic acids is 1. The van der Waals surface area contributed by atoms with Gasteiger partial charge >= 0.3 is 0 Å². The number of aryl methyl sites for hydroxylation is 1. The maximum absolute atomic E-state index is 12.4. The maximum Gasteiger partial charge on any atom is 0.272 e. The standard InChI is InChI=1S/C17H22N4O.ClH/c1-12-6-2-3-8-14(12)21-15-9-4-7-13(15)16(20-21)17(22)19-11-5-10-18;/h2-3,6,8H,4-5,7,9-11,18H2,1H3,(H,19,22);1H. The number of fused-ring (bicyclic) bond motifs is 1. The zero-order valence-electron chi connectivity index (χ0n) is 13.3. The van der Waals surface area contributed by atoms with E-state index in [1.54, 1.807) is 0 Å². The molecule has 3 rings (SSSR count). The molecule has 0 bridgehead atoms. The lowest BCUT2D eigenvalue weighted by molar-refractivity contribution is 0.0947. The van der Waals surface area contributed by atoms with Gasteiger partial charge in [-0.25, -0.2) is 4.68 Å². The van der Waals surface area contributed by atoms with E-state index in [9.17, 15) is 4.79 Å². The molecule has 0 spiro atoms. The highest BCUT2D eigenvalue weighted by Crippen LogP contribution is 2.28. The van der Waals surface area contributed by atoms with Crippen molar-refractivity contribution in [1.29, 1.82) is 0 Å². The quantitative estimate of drug-likeness (QED) is 0.823. The van der Waals surface area contributed by atoms with Crippen LogP contribution in [0.4, 0.5) is 0 Å². The number of nitrogens with zero attached hydrogens (tertiary/aromatic N) is 2. The molecule has 0 unspecified atom stereocenters. The molecule has 1 heterocycles. The summed E-state index contributed by atoms with van der Waals surface area (Å²) >= 11 is 0. The third-order valence-corrected chi connectivity index (χ3v) is 4.16. The molecule has 0 radical (unpaired) electrons. The van der Waals surface area contributed by atoms with Gasteiger partial charge in [0.15, 0.2) is 5.69 Å². The van der Waals surface area contributed by atoms with E-state index in [1.165, 1.54) is 5.69 Å². The Kier molecular flexibility index (Phi) is 5.80. The zero-order valence-corrected chi connectivity index (χ0v) is 14.2. The summed E-state index contributed by atoms with van der Waals surface area (Å²) in [6.45, 7) is 3.25. The van der Waals surface area contributed by atoms with Crippen molar-refractivity contribution in [2.24, 2.45) is 5.73 Å². The van der Waals surface area contributed by atoms with Gasteiger partial charge in [-0.2, -0.15) is 5.10 Å². The van der Waals surface area contributed by atoms with Crippen LogP contribution in [0.15, 0.2) is 24.3 Å². The molecule has 1 aliphatic rings. The number of halogens is 1. The SMILES string of the molecule is Cc1ccccc1-n1nc(C(=O)NCCCN)c2c1CCC2.Cl. The number of amides is 1. The van der Waals surface area contributed by atoms with Crippen LogP contribution in [-0.2, 0) is 12.8 Å². The second kappa shape index (κ2) is 7.62. The molecule has 1 aromatic heterocycles. The molecule has 1 amide bonds. The molecule has 1 aromatic carbocycles. The van der Waals surface area contributed by atoms with Crippen molar-refractivity contribution in [3.05, 3.63) is 46.8 Å². The van der Waals surface area contributed by atoms with Crippen LogP contribution in [0, 0.1) is 6.92 Å². The van der Waals surface area contributed by atoms with E-state index in [1.807, 2.05) is 16.8 Å². The number of benzene rings is 1. The molecule has 124 valence electrons. The summed E-state index contributed by atoms with van der Waals surface area (Å²) in [6.07, 6.45) is 3.78. The Morgan fingerprint density at radius 1 is 1.35 bits per heavy atom. The number of rotatable bonds is 5. The fourth-order valence-electron chi connectivity index (χ4n) is 3.01. The van der Waals surface area contributed by atoms with Gasteiger partial charge in [0.2, 0.25) is 0 Å². The highest BCUT2D eigenvalue weighted by molar-refractivity contribution is 5.94. The normalized spacial score (nSPS) is 12.6. The predicted molar refractivity (Wildman–Crippen MR) is 93.6 cm³/mol. The Morgan fingerprint density at radius 2 is 2.13 bits per heavy atom. The number of nitrogens with two attached hydrogens (primary N) is 1. The highest BCUT2D eigenvalue weighted by atomic mass is 35.5. The molecule has 3 N–H and O–H groups in total. The minimum absolute atomic E-state index is 0. The van der Waals surface area contributed by atoms with Gasteiger partial charge in [-0.1, -0.05) is 18.2 Å². The van der Waals surface area contributed by atoms with E-state index in [0.717, 1.165) is 42.5 Å². The number of hydrogen-bond donors (Lipinski definition) is 2. The lowest BCUT2D eigenvalue weighted by Gasteiger charge is -2.08. The Hall–Kier alpha value is -1.85. The Bertz CT molecular complexity index is 696. The van der Waals surface area contributed by atoms with Crippen LogP contribution in [0.2, 0.25) is 0 Å². The lowest BCUT2D eigenvalue weighted by Crippen LogP contribution is -2.27. The van der Waals surface area contributed by atoms with E-state index < -0.39 is 0 Å². The van der Waals surface area contributed by atoms with Crippen LogP contribution in [0.5, 0.6) is 0 Å². The minimum atomic E-state index is -0.0843. The molecular formula is C17H23ClN4O. The van der Waals surface area contributed by atoms with E-state index in [-0.39, 0.29) is 18.3 Å². The molecule has 23 heavy (non-hydrogen) atoms. The van der Waals surface area contributed by atoms with Crippen LogP contribution in [0.1, 0.15) is 40.2 Å². The topological polar surface area (TPSA) is 72.9 Å². The van der Waals surface area contributed by atoms with Gasteiger partial charge in [0.1, 0.15) is 0 Å². The lowest BCUT2D eigenvalue weighted by atomic mass is 10.2. The largest absolute Gasteiger partial charge is 0.351 e. The second-order valence-electron chi connectivity index (χ2n) is 5.72. The molecule has 0 fully saturated rings. The molecule has 0 aliphatic heterocycles. The van der Waals surface area contributed by atoms with E-state index in [0.29, 0.717) is 18.8 Å². The van der Waals surface area contributed by atoms with Gasteiger partial charge in [-0.15, -0.1) is 12.4 Å². The van der Waals surface area contributed by atoms with Crippen molar-refractivity contribution in [1.82, 2.24) is 15.1 Å². The Balaban J connectivity index is 0.00000192. The number of carbonyl (C=O) groups is 1. The number of hydrogen-bond acceptors (Lipinski definition) is 3. The first-order chi connectivity index (χ1) is 10.7. The van der Waals surface area contributed by atoms with Gasteiger partial charge in [-0.05, 0) is 50.8 Å². The van der Waals surface area contributed by atoms with Crippen molar-refractivity contribution in [3.8, 4) is 5.69 Å². The number of para-hydroxylation sites is 1. The van der Waals surface area contributed by atoms with Gasteiger partial charge in [-0.3, -0.25) is 4.79 Å². The smallest absolute Gasteiger partial charge is 0.272 e. The van der Waals surface area contributed by atoms with Gasteiger partial charge in [0.25, 0.3) is 5.91 Å². The molecule has 6 heteroatoms. The highest BCUT2D eigenvalue weighted by Gasteiger charge is 2.27. The molecule has 0 saturated carbocycles. The summed E-state index contributed by atoms with van der Waals surface area (Å²) in [4.78, 5) is 12.4. The van der Waals surface area contributed by atoms with Crippen molar-refractivity contribution in [2.75, 3.05) is 13.1 Å². The third-order valence-electron chi connectivity index (χ3n) is 4.16. The zero-order chi connectivity index (χ0) is 15.5. The molecular weight excluding hydrogens is 312 g/mol. The number of nitrogens with one attached hydrogen (secondary N) is 1. The van der Waals surface area contributed by atoms with Crippen molar-refractivity contribution in [3.63, 3.8) is 0 Å². The average Bonchev–Trinajstić information content (AvgIpc) is 3.10. The third kappa shape index (κ3) is 3.41. The molecule has 1 aliphatic carbocycles. The van der Waals surface area contributed by atoms with Crippen molar-refractivity contribution >= 4 is 18.3 Å². The van der Waals surface area contributed by atoms with E-state index in [4.69, 9.17) is 5.73 Å². The van der Waals surface area contributed by atoms with Crippen LogP contribution < -0.4 is 11.1 Å². The van der Waals surface area contributed by atoms with E-state index in [2.05, 4.69) is 29.5 Å². The van der Waals surface area contributed by atoms with E-state index >= 15 is 0 Å². The van der Waals surface area contributed by atoms with Crippen molar-refractivity contribution < 1.29 is 4.79 Å². The minimum Gasteiger partial charge on any atom is -0.351 e. The number of aromatic nitrogens is 2. The molecule has 5 nitrogen and oxygen atoms in total. The average molecular weight is 335 g/mol. The van der Waals surface area contributed by atoms with Crippen LogP contribution in [0.25, 0.3) is 5.69 Å². The molecule has 0 atom stereocenters. The van der Waals surface area contributed by atoms with Gasteiger partial charge < -0.3 is 11.1 Å². The molecule has 0 saturated heterocycles. The summed E-state index contributed by atoms with van der Waals surface area (Å²) in [5.41, 5.74) is 10.5. The summed E-state index contributed by atoms with van der Waals surface area (Å²) < 4.78 is 1.95. The second-order valence-corrected chi connectivity index (χ2v) is 5.72. The van der Waals surface area contributed by atoms with Gasteiger partial charge in [0.05, 0.1) is 5.69 Å². The first kappa shape index (κ1) is 17.5. The van der Waals surface area contributed by atoms with Crippen LogP contribution >= 0.6 is 12.4 Å². The van der Waals surface area contributed by atoms with Crippen LogP contribution in [-0.4, -0.2) is 28.8 Å². The first-order valence-electron chi connectivity index (χ1n) is 7.87. The van der Waals surface area contributed by atoms with Gasteiger partial charge in [0, 0.05) is 17.8 Å². The fraction of sp³-hybridized carbons (Fsp3) is 0.412. The molecule has 2 aromatic rings. The summed E-state index contributed by atoms with van der Waals surface area (Å²) in [5, 5.41) is 7.53. The summed E-state index contributed by atoms with van der Waals surface area (Å²) in [7, 11) is 0. The fourth-order valence-corrected chi connectivity index (χ4v) is 3.01. The Morgan fingerprint density at radius 3 is 2.87 bits per heavy atom.